The summed E-state index contributed by atoms with van der Waals surface area (Å²) in [6, 6.07) is 29.1. The average molecular weight is 436 g/mol. The first kappa shape index (κ1) is 21.4. The van der Waals surface area contributed by atoms with Gasteiger partial charge in [-0.05, 0) is 47.1 Å². The molecule has 0 aliphatic heterocycles. The molecule has 0 saturated carbocycles. The fourth-order valence-corrected chi connectivity index (χ4v) is 4.86. The van der Waals surface area contributed by atoms with Crippen LogP contribution >= 0.6 is 0 Å². The van der Waals surface area contributed by atoms with Crippen LogP contribution in [0.25, 0.3) is 11.1 Å². The molecule has 0 bridgehead atoms. The van der Waals surface area contributed by atoms with Gasteiger partial charge < -0.3 is 4.74 Å². The van der Waals surface area contributed by atoms with Gasteiger partial charge in [-0.15, -0.1) is 0 Å². The third-order valence-corrected chi connectivity index (χ3v) is 6.55. The maximum absolute atomic E-state index is 5.15. The van der Waals surface area contributed by atoms with Gasteiger partial charge in [0.15, 0.2) is 0 Å². The Morgan fingerprint density at radius 1 is 0.818 bits per heavy atom. The molecule has 4 nitrogen and oxygen atoms in total. The van der Waals surface area contributed by atoms with Crippen LogP contribution < -0.4 is 4.74 Å². The maximum Gasteiger partial charge on any atom is 0.316 e. The van der Waals surface area contributed by atoms with E-state index < -0.39 is 0 Å². The second kappa shape index (κ2) is 9.97. The number of fused-ring (bicyclic) bond motifs is 1. The first-order valence-electron chi connectivity index (χ1n) is 11.6. The zero-order chi connectivity index (χ0) is 22.5. The lowest BCUT2D eigenvalue weighted by atomic mass is 9.83. The van der Waals surface area contributed by atoms with Gasteiger partial charge in [-0.3, -0.25) is 4.90 Å². The zero-order valence-corrected chi connectivity index (χ0v) is 19.0. The molecule has 1 aromatic heterocycles. The van der Waals surface area contributed by atoms with Crippen molar-refractivity contribution in [3.8, 4) is 17.1 Å². The number of aromatic nitrogens is 2. The van der Waals surface area contributed by atoms with Crippen molar-refractivity contribution < 1.29 is 4.74 Å². The smallest absolute Gasteiger partial charge is 0.316 e. The van der Waals surface area contributed by atoms with E-state index in [0.717, 1.165) is 37.9 Å². The van der Waals surface area contributed by atoms with Crippen LogP contribution in [0.4, 0.5) is 0 Å². The van der Waals surface area contributed by atoms with Gasteiger partial charge in [0.05, 0.1) is 7.11 Å². The van der Waals surface area contributed by atoms with Crippen LogP contribution in [0.2, 0.25) is 0 Å². The predicted molar refractivity (Wildman–Crippen MR) is 132 cm³/mol. The van der Waals surface area contributed by atoms with Crippen molar-refractivity contribution >= 4 is 0 Å². The van der Waals surface area contributed by atoms with Crippen LogP contribution in [0, 0.1) is 0 Å². The SMILES string of the molecule is COc1ncc(-c2cccc3c2CC(N(Cc2ccccc2)Cc2ccccc2)CC3)cn1. The second-order valence-corrected chi connectivity index (χ2v) is 8.67. The molecular formula is C29H29N3O. The number of rotatable bonds is 7. The van der Waals surface area contributed by atoms with Gasteiger partial charge in [-0.25, -0.2) is 9.97 Å². The van der Waals surface area contributed by atoms with Gasteiger partial charge in [0.1, 0.15) is 0 Å². The largest absolute Gasteiger partial charge is 0.467 e. The van der Waals surface area contributed by atoms with Crippen LogP contribution in [-0.4, -0.2) is 28.0 Å². The average Bonchev–Trinajstić information content (AvgIpc) is 2.89. The normalized spacial score (nSPS) is 15.3. The predicted octanol–water partition coefficient (Wildman–Crippen LogP) is 5.71. The first-order chi connectivity index (χ1) is 16.3. The molecule has 3 aromatic carbocycles. The van der Waals surface area contributed by atoms with E-state index >= 15 is 0 Å². The molecule has 0 amide bonds. The van der Waals surface area contributed by atoms with E-state index in [0.29, 0.717) is 12.1 Å². The lowest BCUT2D eigenvalue weighted by Crippen LogP contribution is -2.38. The van der Waals surface area contributed by atoms with Crippen molar-refractivity contribution in [2.75, 3.05) is 7.11 Å². The molecule has 1 heterocycles. The number of benzene rings is 3. The summed E-state index contributed by atoms with van der Waals surface area (Å²) in [4.78, 5) is 11.3. The van der Waals surface area contributed by atoms with E-state index in [4.69, 9.17) is 4.74 Å². The number of ether oxygens (including phenoxy) is 1. The summed E-state index contributed by atoms with van der Waals surface area (Å²) >= 11 is 0. The summed E-state index contributed by atoms with van der Waals surface area (Å²) in [6.45, 7) is 1.90. The Balaban J connectivity index is 1.45. The fourth-order valence-electron chi connectivity index (χ4n) is 4.86. The van der Waals surface area contributed by atoms with E-state index in [1.807, 2.05) is 12.4 Å². The Labute approximate surface area is 195 Å². The Morgan fingerprint density at radius 2 is 1.45 bits per heavy atom. The molecule has 1 aliphatic carbocycles. The second-order valence-electron chi connectivity index (χ2n) is 8.67. The van der Waals surface area contributed by atoms with E-state index in [2.05, 4.69) is 93.7 Å². The summed E-state index contributed by atoms with van der Waals surface area (Å²) in [7, 11) is 1.60. The van der Waals surface area contributed by atoms with E-state index in [1.54, 1.807) is 7.11 Å². The molecule has 1 aliphatic rings. The van der Waals surface area contributed by atoms with Crippen molar-refractivity contribution in [3.63, 3.8) is 0 Å². The lowest BCUT2D eigenvalue weighted by Gasteiger charge is -2.36. The quantitative estimate of drug-likeness (QED) is 0.373. The Bertz CT molecular complexity index is 1140. The molecule has 4 aromatic rings. The van der Waals surface area contributed by atoms with Crippen molar-refractivity contribution in [1.29, 1.82) is 0 Å². The summed E-state index contributed by atoms with van der Waals surface area (Å²) in [5, 5.41) is 0. The Hall–Kier alpha value is -3.50. The van der Waals surface area contributed by atoms with Crippen molar-refractivity contribution in [2.24, 2.45) is 0 Å². The highest BCUT2D eigenvalue weighted by atomic mass is 16.5. The lowest BCUT2D eigenvalue weighted by molar-refractivity contribution is 0.162. The highest BCUT2D eigenvalue weighted by molar-refractivity contribution is 5.68. The maximum atomic E-state index is 5.15. The minimum atomic E-state index is 0.401. The van der Waals surface area contributed by atoms with Crippen LogP contribution in [-0.2, 0) is 25.9 Å². The first-order valence-corrected chi connectivity index (χ1v) is 11.6. The standard InChI is InChI=1S/C29H29N3O/c1-33-29-30-18-25(19-31-29)27-14-8-13-24-15-16-26(17-28(24)27)32(20-22-9-4-2-5-10-22)21-23-11-6-3-7-12-23/h2-14,18-19,26H,15-17,20-21H2,1H3. The highest BCUT2D eigenvalue weighted by Gasteiger charge is 2.26. The van der Waals surface area contributed by atoms with E-state index in [-0.39, 0.29) is 0 Å². The van der Waals surface area contributed by atoms with Gasteiger partial charge >= 0.3 is 6.01 Å². The van der Waals surface area contributed by atoms with Crippen LogP contribution in [0.1, 0.15) is 28.7 Å². The van der Waals surface area contributed by atoms with Crippen molar-refractivity contribution in [3.05, 3.63) is 114 Å². The summed E-state index contributed by atoms with van der Waals surface area (Å²) in [5.41, 5.74) is 7.87. The molecular weight excluding hydrogens is 406 g/mol. The molecule has 166 valence electrons. The number of hydrogen-bond donors (Lipinski definition) is 0. The van der Waals surface area contributed by atoms with Crippen molar-refractivity contribution in [1.82, 2.24) is 14.9 Å². The van der Waals surface area contributed by atoms with Crippen LogP contribution in [0.3, 0.4) is 0 Å². The van der Waals surface area contributed by atoms with Gasteiger partial charge in [-0.2, -0.15) is 0 Å². The number of methoxy groups -OCH3 is 1. The molecule has 4 heteroatoms. The molecule has 0 fully saturated rings. The van der Waals surface area contributed by atoms with Crippen LogP contribution in [0.5, 0.6) is 6.01 Å². The molecule has 0 spiro atoms. The van der Waals surface area contributed by atoms with Gasteiger partial charge in [0, 0.05) is 37.1 Å². The number of nitrogens with zero attached hydrogens (tertiary/aromatic N) is 3. The minimum absolute atomic E-state index is 0.401. The molecule has 33 heavy (non-hydrogen) atoms. The Kier molecular flexibility index (Phi) is 6.45. The minimum Gasteiger partial charge on any atom is -0.467 e. The van der Waals surface area contributed by atoms with Gasteiger partial charge in [0.25, 0.3) is 0 Å². The molecule has 0 radical (unpaired) electrons. The molecule has 5 rings (SSSR count). The third kappa shape index (κ3) is 4.96. The van der Waals surface area contributed by atoms with E-state index in [9.17, 15) is 0 Å². The Morgan fingerprint density at radius 3 is 2.06 bits per heavy atom. The summed E-state index contributed by atoms with van der Waals surface area (Å²) in [6.07, 6.45) is 7.02. The van der Waals surface area contributed by atoms with Gasteiger partial charge in [0.2, 0.25) is 0 Å². The number of hydrogen-bond acceptors (Lipinski definition) is 4. The van der Waals surface area contributed by atoms with Crippen LogP contribution in [0.15, 0.2) is 91.3 Å². The highest BCUT2D eigenvalue weighted by Crippen LogP contribution is 2.34. The molecule has 0 N–H and O–H groups in total. The fraction of sp³-hybridized carbons (Fsp3) is 0.241. The monoisotopic (exact) mass is 435 g/mol. The van der Waals surface area contributed by atoms with Crippen molar-refractivity contribution in [2.45, 2.75) is 38.4 Å². The molecule has 0 saturated heterocycles. The summed E-state index contributed by atoms with van der Waals surface area (Å²) < 4.78 is 5.15. The molecule has 1 atom stereocenters. The third-order valence-electron chi connectivity index (χ3n) is 6.55. The molecule has 1 unspecified atom stereocenters. The van der Waals surface area contributed by atoms with Gasteiger partial charge in [-0.1, -0.05) is 78.9 Å². The zero-order valence-electron chi connectivity index (χ0n) is 19.0. The summed E-state index contributed by atoms with van der Waals surface area (Å²) in [5.74, 6) is 0. The van der Waals surface area contributed by atoms with E-state index in [1.165, 1.54) is 27.8 Å². The number of aryl methyl sites for hydroxylation is 1. The topological polar surface area (TPSA) is 38.2 Å².